The van der Waals surface area contributed by atoms with Gasteiger partial charge in [0.25, 0.3) is 0 Å². The summed E-state index contributed by atoms with van der Waals surface area (Å²) in [4.78, 5) is 2.36. The third-order valence-corrected chi connectivity index (χ3v) is 4.14. The summed E-state index contributed by atoms with van der Waals surface area (Å²) in [6.07, 6.45) is 1.87. The van der Waals surface area contributed by atoms with Crippen LogP contribution < -0.4 is 5.73 Å². The van der Waals surface area contributed by atoms with Gasteiger partial charge in [-0.3, -0.25) is 4.90 Å². The summed E-state index contributed by atoms with van der Waals surface area (Å²) < 4.78 is 2.03. The predicted octanol–water partition coefficient (Wildman–Crippen LogP) is 3.14. The minimum atomic E-state index is 0.644. The Morgan fingerprint density at radius 2 is 1.71 bits per heavy atom. The first kappa shape index (κ1) is 16.4. The molecule has 0 atom stereocenters. The van der Waals surface area contributed by atoms with Crippen molar-refractivity contribution in [2.75, 3.05) is 13.1 Å². The van der Waals surface area contributed by atoms with E-state index in [9.17, 15) is 0 Å². The van der Waals surface area contributed by atoms with Crippen LogP contribution in [0.3, 0.4) is 0 Å². The normalized spacial score (nSPS) is 11.1. The minimum absolute atomic E-state index is 0.644. The Kier molecular flexibility index (Phi) is 5.41. The van der Waals surface area contributed by atoms with Crippen molar-refractivity contribution in [3.05, 3.63) is 83.7 Å². The molecule has 0 amide bonds. The zero-order chi connectivity index (χ0) is 16.8. The number of aryl methyl sites for hydroxylation is 1. The van der Waals surface area contributed by atoms with Gasteiger partial charge >= 0.3 is 0 Å². The Hall–Kier alpha value is -2.43. The van der Waals surface area contributed by atoms with Gasteiger partial charge < -0.3 is 5.73 Å². The Morgan fingerprint density at radius 1 is 0.958 bits per heavy atom. The molecule has 3 rings (SSSR count). The van der Waals surface area contributed by atoms with Gasteiger partial charge in [0, 0.05) is 32.4 Å². The summed E-state index contributed by atoms with van der Waals surface area (Å²) in [7, 11) is 0. The van der Waals surface area contributed by atoms with Gasteiger partial charge in [-0.15, -0.1) is 0 Å². The van der Waals surface area contributed by atoms with Gasteiger partial charge in [-0.2, -0.15) is 5.10 Å². The second-order valence-electron chi connectivity index (χ2n) is 6.01. The lowest BCUT2D eigenvalue weighted by Crippen LogP contribution is -2.29. The fraction of sp³-hybridized carbons (Fsp3) is 0.250. The number of nitrogens with zero attached hydrogens (tertiary/aromatic N) is 3. The quantitative estimate of drug-likeness (QED) is 0.727. The van der Waals surface area contributed by atoms with Crippen molar-refractivity contribution >= 4 is 0 Å². The standard InChI is InChI=1S/C20H24N4/c1-17-7-5-6-10-20(17)24-19(11-13-22-24)16-23(14-12-21)15-18-8-3-2-4-9-18/h2-11,13H,12,14-16,21H2,1H3. The van der Waals surface area contributed by atoms with Crippen LogP contribution in [0.25, 0.3) is 5.69 Å². The number of aromatic nitrogens is 2. The van der Waals surface area contributed by atoms with Crippen molar-refractivity contribution in [1.82, 2.24) is 14.7 Å². The average molecular weight is 320 g/mol. The minimum Gasteiger partial charge on any atom is -0.329 e. The van der Waals surface area contributed by atoms with E-state index >= 15 is 0 Å². The second-order valence-corrected chi connectivity index (χ2v) is 6.01. The highest BCUT2D eigenvalue weighted by Crippen LogP contribution is 2.17. The molecule has 0 aliphatic heterocycles. The molecule has 3 aromatic rings. The molecule has 4 nitrogen and oxygen atoms in total. The van der Waals surface area contributed by atoms with Crippen molar-refractivity contribution in [3.8, 4) is 5.69 Å². The summed E-state index contributed by atoms with van der Waals surface area (Å²) in [5.74, 6) is 0. The molecule has 0 aliphatic carbocycles. The van der Waals surface area contributed by atoms with E-state index in [0.717, 1.165) is 25.3 Å². The molecule has 0 spiro atoms. The zero-order valence-corrected chi connectivity index (χ0v) is 14.1. The first-order valence-electron chi connectivity index (χ1n) is 8.33. The third kappa shape index (κ3) is 3.91. The van der Waals surface area contributed by atoms with Gasteiger partial charge in [0.05, 0.1) is 11.4 Å². The van der Waals surface area contributed by atoms with Gasteiger partial charge in [0.1, 0.15) is 0 Å². The van der Waals surface area contributed by atoms with E-state index in [1.165, 1.54) is 16.8 Å². The van der Waals surface area contributed by atoms with Gasteiger partial charge in [0.15, 0.2) is 0 Å². The molecule has 0 radical (unpaired) electrons. The number of para-hydroxylation sites is 1. The maximum atomic E-state index is 5.82. The highest BCUT2D eigenvalue weighted by molar-refractivity contribution is 5.40. The molecule has 0 saturated carbocycles. The number of hydrogen-bond donors (Lipinski definition) is 1. The van der Waals surface area contributed by atoms with E-state index in [0.29, 0.717) is 6.54 Å². The van der Waals surface area contributed by atoms with Crippen LogP contribution in [-0.4, -0.2) is 27.8 Å². The van der Waals surface area contributed by atoms with Crippen LogP contribution in [0.1, 0.15) is 16.8 Å². The molecule has 24 heavy (non-hydrogen) atoms. The monoisotopic (exact) mass is 320 g/mol. The second kappa shape index (κ2) is 7.90. The molecule has 0 saturated heterocycles. The summed E-state index contributed by atoms with van der Waals surface area (Å²) >= 11 is 0. The number of nitrogens with two attached hydrogens (primary N) is 1. The van der Waals surface area contributed by atoms with Gasteiger partial charge in [0.2, 0.25) is 0 Å². The molecule has 124 valence electrons. The highest BCUT2D eigenvalue weighted by atomic mass is 15.3. The van der Waals surface area contributed by atoms with Crippen molar-refractivity contribution in [3.63, 3.8) is 0 Å². The third-order valence-electron chi connectivity index (χ3n) is 4.14. The van der Waals surface area contributed by atoms with Crippen molar-refractivity contribution in [2.24, 2.45) is 5.73 Å². The smallest absolute Gasteiger partial charge is 0.0678 e. The van der Waals surface area contributed by atoms with E-state index in [4.69, 9.17) is 5.73 Å². The van der Waals surface area contributed by atoms with Crippen molar-refractivity contribution in [2.45, 2.75) is 20.0 Å². The molecule has 2 N–H and O–H groups in total. The largest absolute Gasteiger partial charge is 0.329 e. The van der Waals surface area contributed by atoms with E-state index < -0.39 is 0 Å². The molecule has 1 aromatic heterocycles. The van der Waals surface area contributed by atoms with Crippen LogP contribution in [0, 0.1) is 6.92 Å². The fourth-order valence-corrected chi connectivity index (χ4v) is 2.94. The SMILES string of the molecule is Cc1ccccc1-n1nccc1CN(CCN)Cc1ccccc1. The zero-order valence-electron chi connectivity index (χ0n) is 14.1. The van der Waals surface area contributed by atoms with Gasteiger partial charge in [-0.1, -0.05) is 48.5 Å². The van der Waals surface area contributed by atoms with E-state index in [-0.39, 0.29) is 0 Å². The molecule has 2 aromatic carbocycles. The van der Waals surface area contributed by atoms with Gasteiger partial charge in [-0.25, -0.2) is 4.68 Å². The summed E-state index contributed by atoms with van der Waals surface area (Å²) in [5, 5.41) is 4.53. The summed E-state index contributed by atoms with van der Waals surface area (Å²) in [6.45, 7) is 5.32. The first-order chi connectivity index (χ1) is 11.8. The topological polar surface area (TPSA) is 47.1 Å². The van der Waals surface area contributed by atoms with E-state index in [2.05, 4.69) is 71.5 Å². The number of hydrogen-bond acceptors (Lipinski definition) is 3. The lowest BCUT2D eigenvalue weighted by Gasteiger charge is -2.22. The summed E-state index contributed by atoms with van der Waals surface area (Å²) in [6, 6.07) is 20.9. The van der Waals surface area contributed by atoms with Crippen molar-refractivity contribution in [1.29, 1.82) is 0 Å². The van der Waals surface area contributed by atoms with E-state index in [1.54, 1.807) is 0 Å². The maximum Gasteiger partial charge on any atom is 0.0678 e. The van der Waals surface area contributed by atoms with Crippen LogP contribution in [0.5, 0.6) is 0 Å². The van der Waals surface area contributed by atoms with E-state index in [1.807, 2.05) is 16.9 Å². The lowest BCUT2D eigenvalue weighted by molar-refractivity contribution is 0.259. The van der Waals surface area contributed by atoms with Crippen LogP contribution >= 0.6 is 0 Å². The Balaban J connectivity index is 1.81. The van der Waals surface area contributed by atoms with Crippen LogP contribution in [-0.2, 0) is 13.1 Å². The van der Waals surface area contributed by atoms with Crippen molar-refractivity contribution < 1.29 is 0 Å². The highest BCUT2D eigenvalue weighted by Gasteiger charge is 2.12. The number of benzene rings is 2. The molecular weight excluding hydrogens is 296 g/mol. The fourth-order valence-electron chi connectivity index (χ4n) is 2.94. The first-order valence-corrected chi connectivity index (χ1v) is 8.33. The van der Waals surface area contributed by atoms with Gasteiger partial charge in [-0.05, 0) is 30.2 Å². The van der Waals surface area contributed by atoms with Crippen LogP contribution in [0.2, 0.25) is 0 Å². The molecule has 0 aliphatic rings. The Labute approximate surface area is 143 Å². The number of rotatable bonds is 7. The molecular formula is C20H24N4. The summed E-state index contributed by atoms with van der Waals surface area (Å²) in [5.41, 5.74) is 10.6. The lowest BCUT2D eigenvalue weighted by atomic mass is 10.2. The average Bonchev–Trinajstić information content (AvgIpc) is 3.04. The molecule has 4 heteroatoms. The predicted molar refractivity (Wildman–Crippen MR) is 97.9 cm³/mol. The Morgan fingerprint density at radius 3 is 2.46 bits per heavy atom. The molecule has 0 fully saturated rings. The van der Waals surface area contributed by atoms with Crippen LogP contribution in [0.4, 0.5) is 0 Å². The molecule has 0 bridgehead atoms. The Bertz CT molecular complexity index is 764. The van der Waals surface area contributed by atoms with Crippen LogP contribution in [0.15, 0.2) is 66.9 Å². The molecule has 1 heterocycles. The molecule has 0 unspecified atom stereocenters. The maximum absolute atomic E-state index is 5.82.